The molecule has 2 unspecified atom stereocenters. The van der Waals surface area contributed by atoms with E-state index in [1.807, 2.05) is 0 Å². The lowest BCUT2D eigenvalue weighted by molar-refractivity contribution is -0.297. The van der Waals surface area contributed by atoms with Crippen LogP contribution >= 0.6 is 0 Å². The standard InChI is InChI=1S/C36H54O11/c1-31(2)11-12-36(30(44)45)20(14-31)19-7-8-23-32(3)15-22(39)27(47-28-26(41)21(38)13-18(17-37)46-28)35(6,29(42)43)24(32)9-10-33(23,4)34(19,5)16-25(36)40/h7,13,20-28,37-41H,8-12,14-17H2,1-6H3,(H,42,43)(H,44,45)/t20-,21-,22?,23+,24+,25?,26+,27-,28+,32+,33+,34+,35-,36+/m0/s1. The van der Waals surface area contributed by atoms with Crippen LogP contribution in [0.2, 0.25) is 0 Å². The molecule has 0 aromatic carbocycles. The molecule has 0 aromatic heterocycles. The van der Waals surface area contributed by atoms with E-state index in [4.69, 9.17) is 9.47 Å². The number of aliphatic carboxylic acids is 2. The summed E-state index contributed by atoms with van der Waals surface area (Å²) in [5.41, 5.74) is -3.43. The van der Waals surface area contributed by atoms with Crippen molar-refractivity contribution in [3.63, 3.8) is 0 Å². The molecule has 0 amide bonds. The summed E-state index contributed by atoms with van der Waals surface area (Å²) in [5, 5.41) is 75.8. The summed E-state index contributed by atoms with van der Waals surface area (Å²) in [6.45, 7) is 11.8. The average molecular weight is 663 g/mol. The minimum Gasteiger partial charge on any atom is -0.481 e. The molecule has 11 nitrogen and oxygen atoms in total. The van der Waals surface area contributed by atoms with E-state index in [0.717, 1.165) is 12.0 Å². The molecule has 11 heteroatoms. The van der Waals surface area contributed by atoms with Gasteiger partial charge in [-0.25, -0.2) is 0 Å². The Balaban J connectivity index is 1.39. The first kappa shape index (κ1) is 34.8. The van der Waals surface area contributed by atoms with Crippen LogP contribution < -0.4 is 0 Å². The maximum atomic E-state index is 13.3. The van der Waals surface area contributed by atoms with Gasteiger partial charge in [0, 0.05) is 0 Å². The van der Waals surface area contributed by atoms with Gasteiger partial charge in [0.25, 0.3) is 0 Å². The van der Waals surface area contributed by atoms with Crippen molar-refractivity contribution < 1.29 is 54.8 Å². The fourth-order valence-corrected chi connectivity index (χ4v) is 12.1. The zero-order valence-corrected chi connectivity index (χ0v) is 28.5. The van der Waals surface area contributed by atoms with E-state index < -0.39 is 88.3 Å². The molecule has 4 fully saturated rings. The van der Waals surface area contributed by atoms with Crippen molar-refractivity contribution in [2.24, 2.45) is 50.2 Å². The first-order chi connectivity index (χ1) is 21.7. The Labute approximate surface area is 276 Å². The maximum Gasteiger partial charge on any atom is 0.312 e. The number of hydrogen-bond acceptors (Lipinski definition) is 9. The second-order valence-electron chi connectivity index (χ2n) is 17.5. The van der Waals surface area contributed by atoms with Gasteiger partial charge >= 0.3 is 11.9 Å². The Kier molecular flexibility index (Phi) is 8.14. The molecule has 7 N–H and O–H groups in total. The van der Waals surface area contributed by atoms with Crippen molar-refractivity contribution >= 4 is 11.9 Å². The lowest BCUT2D eigenvalue weighted by Gasteiger charge is -2.71. The third-order valence-electron chi connectivity index (χ3n) is 14.8. The Hall–Kier alpha value is -2.02. The van der Waals surface area contributed by atoms with Crippen LogP contribution in [0.5, 0.6) is 0 Å². The monoisotopic (exact) mass is 662 g/mol. The quantitative estimate of drug-likeness (QED) is 0.214. The van der Waals surface area contributed by atoms with Crippen molar-refractivity contribution in [1.82, 2.24) is 0 Å². The number of rotatable bonds is 5. The molecule has 47 heavy (non-hydrogen) atoms. The van der Waals surface area contributed by atoms with Crippen LogP contribution in [-0.4, -0.2) is 91.1 Å². The molecular formula is C36H54O11. The molecule has 0 bridgehead atoms. The highest BCUT2D eigenvalue weighted by molar-refractivity contribution is 5.78. The van der Waals surface area contributed by atoms with E-state index in [1.54, 1.807) is 6.92 Å². The molecule has 0 spiro atoms. The third-order valence-corrected chi connectivity index (χ3v) is 14.8. The number of ether oxygens (including phenoxy) is 2. The van der Waals surface area contributed by atoms with Gasteiger partial charge in [0.15, 0.2) is 0 Å². The molecule has 264 valence electrons. The number of carboxylic acids is 2. The summed E-state index contributed by atoms with van der Waals surface area (Å²) in [6, 6.07) is 0. The van der Waals surface area contributed by atoms with E-state index in [9.17, 15) is 45.3 Å². The minimum absolute atomic E-state index is 0.0191. The van der Waals surface area contributed by atoms with Crippen LogP contribution in [0.25, 0.3) is 0 Å². The number of carboxylic acid groups (broad SMARTS) is 2. The summed E-state index contributed by atoms with van der Waals surface area (Å²) < 4.78 is 11.7. The van der Waals surface area contributed by atoms with Crippen LogP contribution in [0.15, 0.2) is 23.5 Å². The van der Waals surface area contributed by atoms with Crippen molar-refractivity contribution in [3.8, 4) is 0 Å². The number of aliphatic hydroxyl groups excluding tert-OH is 5. The van der Waals surface area contributed by atoms with Crippen molar-refractivity contribution in [2.75, 3.05) is 6.61 Å². The number of carbonyl (C=O) groups is 2. The predicted molar refractivity (Wildman–Crippen MR) is 168 cm³/mol. The van der Waals surface area contributed by atoms with Crippen molar-refractivity contribution in [3.05, 3.63) is 23.5 Å². The van der Waals surface area contributed by atoms with E-state index in [0.29, 0.717) is 38.5 Å². The van der Waals surface area contributed by atoms with E-state index in [2.05, 4.69) is 40.7 Å². The fourth-order valence-electron chi connectivity index (χ4n) is 12.1. The second kappa shape index (κ2) is 11.0. The van der Waals surface area contributed by atoms with Gasteiger partial charge in [-0.05, 0) is 104 Å². The highest BCUT2D eigenvalue weighted by Crippen LogP contribution is 2.76. The molecule has 0 radical (unpaired) electrons. The van der Waals surface area contributed by atoms with Gasteiger partial charge in [-0.1, -0.05) is 46.3 Å². The van der Waals surface area contributed by atoms with Gasteiger partial charge in [-0.2, -0.15) is 0 Å². The number of hydrogen-bond donors (Lipinski definition) is 7. The largest absolute Gasteiger partial charge is 0.481 e. The molecule has 5 aliphatic carbocycles. The molecule has 14 atom stereocenters. The molecule has 4 saturated carbocycles. The van der Waals surface area contributed by atoms with Gasteiger partial charge in [0.05, 0.1) is 17.6 Å². The van der Waals surface area contributed by atoms with Gasteiger partial charge < -0.3 is 45.2 Å². The first-order valence-corrected chi connectivity index (χ1v) is 17.3. The lowest BCUT2D eigenvalue weighted by atomic mass is 9.33. The van der Waals surface area contributed by atoms with Crippen LogP contribution in [-0.2, 0) is 19.1 Å². The summed E-state index contributed by atoms with van der Waals surface area (Å²) >= 11 is 0. The smallest absolute Gasteiger partial charge is 0.312 e. The molecule has 6 rings (SSSR count). The first-order valence-electron chi connectivity index (χ1n) is 17.3. The molecule has 1 heterocycles. The molecule has 0 saturated heterocycles. The van der Waals surface area contributed by atoms with Crippen LogP contribution in [0.4, 0.5) is 0 Å². The topological polar surface area (TPSA) is 194 Å². The number of fused-ring (bicyclic) bond motifs is 7. The lowest BCUT2D eigenvalue weighted by Crippen LogP contribution is -2.70. The SMILES string of the molecule is CC1(C)CC[C@]2(C(=O)O)C(O)C[C@]3(C)C(=CC[C@@H]4[C@@]5(C)CC(O)[C@H](O[C@H]6OC(CO)=C[C@H](O)[C@H]6O)[C@@](C)(C(=O)O)[C@@H]5CC[C@]43C)[C@@H]2C1. The normalized spacial score (nSPS) is 51.9. The Bertz CT molecular complexity index is 1370. The summed E-state index contributed by atoms with van der Waals surface area (Å²) in [5.74, 6) is -2.94. The Morgan fingerprint density at radius 3 is 2.21 bits per heavy atom. The van der Waals surface area contributed by atoms with Crippen LogP contribution in [0.3, 0.4) is 0 Å². The molecular weight excluding hydrogens is 608 g/mol. The molecule has 6 aliphatic rings. The van der Waals surface area contributed by atoms with Gasteiger partial charge in [-0.15, -0.1) is 0 Å². The molecule has 1 aliphatic heterocycles. The zero-order chi connectivity index (χ0) is 34.7. The van der Waals surface area contributed by atoms with E-state index >= 15 is 0 Å². The zero-order valence-electron chi connectivity index (χ0n) is 28.5. The second-order valence-corrected chi connectivity index (χ2v) is 17.5. The van der Waals surface area contributed by atoms with E-state index in [1.165, 1.54) is 6.08 Å². The minimum atomic E-state index is -1.61. The van der Waals surface area contributed by atoms with Gasteiger partial charge in [0.2, 0.25) is 6.29 Å². The summed E-state index contributed by atoms with van der Waals surface area (Å²) in [7, 11) is 0. The predicted octanol–water partition coefficient (Wildman–Crippen LogP) is 3.22. The molecule has 0 aromatic rings. The fraction of sp³-hybridized carbons (Fsp3) is 0.833. The van der Waals surface area contributed by atoms with Gasteiger partial charge in [0.1, 0.15) is 36.1 Å². The number of allylic oxidation sites excluding steroid dienone is 2. The van der Waals surface area contributed by atoms with Crippen molar-refractivity contribution in [2.45, 2.75) is 130 Å². The van der Waals surface area contributed by atoms with Crippen molar-refractivity contribution in [1.29, 1.82) is 0 Å². The van der Waals surface area contributed by atoms with Crippen LogP contribution in [0.1, 0.15) is 92.9 Å². The maximum absolute atomic E-state index is 13.3. The Morgan fingerprint density at radius 1 is 0.915 bits per heavy atom. The average Bonchev–Trinajstić information content (AvgIpc) is 2.96. The summed E-state index contributed by atoms with van der Waals surface area (Å²) in [4.78, 5) is 26.3. The summed E-state index contributed by atoms with van der Waals surface area (Å²) in [6.07, 6.45) is -0.569. The highest BCUT2D eigenvalue weighted by Gasteiger charge is 2.73. The van der Waals surface area contributed by atoms with Gasteiger partial charge in [-0.3, -0.25) is 9.59 Å². The third kappa shape index (κ3) is 4.59. The Morgan fingerprint density at radius 2 is 1.60 bits per heavy atom. The van der Waals surface area contributed by atoms with E-state index in [-0.39, 0.29) is 29.4 Å². The van der Waals surface area contributed by atoms with Crippen LogP contribution in [0, 0.1) is 50.2 Å². The number of aliphatic hydroxyl groups is 5. The highest BCUT2D eigenvalue weighted by atomic mass is 16.7.